The molecule has 0 heterocycles. The van der Waals surface area contributed by atoms with Crippen LogP contribution in [0, 0.1) is 11.6 Å². The van der Waals surface area contributed by atoms with Gasteiger partial charge in [0.25, 0.3) is 5.91 Å². The van der Waals surface area contributed by atoms with Gasteiger partial charge >= 0.3 is 0 Å². The third-order valence-corrected chi connectivity index (χ3v) is 2.77. The van der Waals surface area contributed by atoms with E-state index >= 15 is 0 Å². The zero-order chi connectivity index (χ0) is 15.2. The number of amides is 1. The maximum Gasteiger partial charge on any atom is 0.255 e. The Morgan fingerprint density at radius 2 is 1.71 bits per heavy atom. The van der Waals surface area contributed by atoms with E-state index in [9.17, 15) is 13.6 Å². The summed E-state index contributed by atoms with van der Waals surface area (Å²) >= 11 is 0. The van der Waals surface area contributed by atoms with Crippen molar-refractivity contribution >= 4 is 11.6 Å². The lowest BCUT2D eigenvalue weighted by Gasteiger charge is -2.09. The van der Waals surface area contributed by atoms with Crippen molar-refractivity contribution in [2.24, 2.45) is 5.73 Å². The molecule has 6 heteroatoms. The zero-order valence-electron chi connectivity index (χ0n) is 11.1. The van der Waals surface area contributed by atoms with Crippen molar-refractivity contribution in [3.05, 3.63) is 59.7 Å². The average molecular weight is 292 g/mol. The highest BCUT2D eigenvalue weighted by molar-refractivity contribution is 5.75. The maximum atomic E-state index is 13.4. The van der Waals surface area contributed by atoms with Gasteiger partial charge in [0.15, 0.2) is 6.61 Å². The van der Waals surface area contributed by atoms with E-state index in [0.29, 0.717) is 11.4 Å². The van der Waals surface area contributed by atoms with E-state index in [0.717, 1.165) is 0 Å². The molecule has 110 valence electrons. The van der Waals surface area contributed by atoms with Gasteiger partial charge in [-0.1, -0.05) is 6.07 Å². The summed E-state index contributed by atoms with van der Waals surface area (Å²) in [6.07, 6.45) is 0. The number of anilines is 1. The van der Waals surface area contributed by atoms with Crippen molar-refractivity contribution in [2.75, 3.05) is 11.9 Å². The molecule has 0 fully saturated rings. The molecule has 3 N–H and O–H groups in total. The van der Waals surface area contributed by atoms with Crippen LogP contribution < -0.4 is 15.8 Å². The fourth-order valence-electron chi connectivity index (χ4n) is 1.72. The van der Waals surface area contributed by atoms with Crippen LogP contribution in [-0.2, 0) is 11.3 Å². The first-order valence-corrected chi connectivity index (χ1v) is 6.24. The molecule has 2 rings (SSSR count). The molecule has 2 aromatic carbocycles. The molecule has 0 radical (unpaired) electrons. The normalized spacial score (nSPS) is 10.2. The monoisotopic (exact) mass is 292 g/mol. The second-order valence-electron chi connectivity index (χ2n) is 4.33. The van der Waals surface area contributed by atoms with Gasteiger partial charge in [-0.25, -0.2) is 8.78 Å². The van der Waals surface area contributed by atoms with E-state index in [1.54, 1.807) is 24.3 Å². The van der Waals surface area contributed by atoms with Gasteiger partial charge in [-0.3, -0.25) is 4.79 Å². The summed E-state index contributed by atoms with van der Waals surface area (Å²) in [6.45, 7) is -0.173. The molecule has 0 bridgehead atoms. The predicted octanol–water partition coefficient (Wildman–Crippen LogP) is 2.44. The van der Waals surface area contributed by atoms with Gasteiger partial charge in [0.2, 0.25) is 0 Å². The van der Waals surface area contributed by atoms with Crippen molar-refractivity contribution < 1.29 is 18.3 Å². The summed E-state index contributed by atoms with van der Waals surface area (Å²) in [6, 6.07) is 10.3. The Morgan fingerprint density at radius 1 is 1.10 bits per heavy atom. The van der Waals surface area contributed by atoms with Crippen LogP contribution in [0.1, 0.15) is 5.56 Å². The van der Waals surface area contributed by atoms with Crippen LogP contribution in [-0.4, -0.2) is 12.5 Å². The molecule has 0 aliphatic heterocycles. The molecule has 2 aromatic rings. The second kappa shape index (κ2) is 6.69. The lowest BCUT2D eigenvalue weighted by atomic mass is 10.2. The Kier molecular flexibility index (Phi) is 4.71. The number of rotatable bonds is 6. The molecule has 0 saturated carbocycles. The summed E-state index contributed by atoms with van der Waals surface area (Å²) in [5, 5.41) is 2.91. The minimum atomic E-state index is -0.594. The van der Waals surface area contributed by atoms with Crippen LogP contribution in [0.4, 0.5) is 14.5 Å². The maximum absolute atomic E-state index is 13.4. The average Bonchev–Trinajstić information content (AvgIpc) is 2.46. The van der Waals surface area contributed by atoms with Crippen LogP contribution in [0.3, 0.4) is 0 Å². The van der Waals surface area contributed by atoms with Crippen molar-refractivity contribution in [1.29, 1.82) is 0 Å². The Balaban J connectivity index is 1.96. The van der Waals surface area contributed by atoms with Crippen molar-refractivity contribution in [1.82, 2.24) is 0 Å². The summed E-state index contributed by atoms with van der Waals surface area (Å²) in [5.74, 6) is -1.27. The first-order valence-electron chi connectivity index (χ1n) is 6.24. The molecular formula is C15H14F2N2O2. The van der Waals surface area contributed by atoms with Crippen LogP contribution in [0.5, 0.6) is 5.75 Å². The topological polar surface area (TPSA) is 64.4 Å². The van der Waals surface area contributed by atoms with Crippen LogP contribution in [0.2, 0.25) is 0 Å². The molecule has 1 amide bonds. The number of primary amides is 1. The third-order valence-electron chi connectivity index (χ3n) is 2.77. The van der Waals surface area contributed by atoms with Crippen LogP contribution in [0.25, 0.3) is 0 Å². The second-order valence-corrected chi connectivity index (χ2v) is 4.33. The molecule has 4 nitrogen and oxygen atoms in total. The lowest BCUT2D eigenvalue weighted by molar-refractivity contribution is -0.119. The first-order chi connectivity index (χ1) is 10.1. The Morgan fingerprint density at radius 3 is 2.29 bits per heavy atom. The molecule has 0 spiro atoms. The van der Waals surface area contributed by atoms with E-state index in [1.165, 1.54) is 18.2 Å². The highest BCUT2D eigenvalue weighted by Gasteiger charge is 2.07. The number of hydrogen-bond donors (Lipinski definition) is 2. The van der Waals surface area contributed by atoms with Gasteiger partial charge in [0, 0.05) is 17.8 Å². The van der Waals surface area contributed by atoms with E-state index in [2.05, 4.69) is 5.32 Å². The number of halogens is 2. The number of nitrogens with two attached hydrogens (primary N) is 1. The first kappa shape index (κ1) is 14.8. The molecular weight excluding hydrogens is 278 g/mol. The number of hydrogen-bond acceptors (Lipinski definition) is 3. The van der Waals surface area contributed by atoms with Crippen molar-refractivity contribution in [2.45, 2.75) is 6.54 Å². The van der Waals surface area contributed by atoms with E-state index < -0.39 is 17.5 Å². The van der Waals surface area contributed by atoms with E-state index in [-0.39, 0.29) is 18.7 Å². The van der Waals surface area contributed by atoms with Gasteiger partial charge in [-0.2, -0.15) is 0 Å². The highest BCUT2D eigenvalue weighted by atomic mass is 19.1. The molecule has 0 aromatic heterocycles. The van der Waals surface area contributed by atoms with E-state index in [4.69, 9.17) is 10.5 Å². The minimum Gasteiger partial charge on any atom is -0.484 e. The molecule has 0 saturated heterocycles. The third kappa shape index (κ3) is 4.17. The van der Waals surface area contributed by atoms with Crippen LogP contribution >= 0.6 is 0 Å². The Hall–Kier alpha value is -2.63. The standard InChI is InChI=1S/C15H14F2N2O2/c16-13-2-1-3-14(17)12(13)8-19-10-4-6-11(7-5-10)21-9-15(18)20/h1-7,19H,8-9H2,(H2,18,20). The Bertz CT molecular complexity index is 610. The fourth-order valence-corrected chi connectivity index (χ4v) is 1.72. The van der Waals surface area contributed by atoms with Gasteiger partial charge in [0.1, 0.15) is 17.4 Å². The van der Waals surface area contributed by atoms with E-state index in [1.807, 2.05) is 0 Å². The quantitative estimate of drug-likeness (QED) is 0.859. The van der Waals surface area contributed by atoms with Crippen molar-refractivity contribution in [3.63, 3.8) is 0 Å². The zero-order valence-corrected chi connectivity index (χ0v) is 11.1. The minimum absolute atomic E-state index is 0.0217. The summed E-state index contributed by atoms with van der Waals surface area (Å²) in [7, 11) is 0. The Labute approximate surface area is 120 Å². The number of carbonyl (C=O) groups is 1. The number of ether oxygens (including phenoxy) is 1. The SMILES string of the molecule is NC(=O)COc1ccc(NCc2c(F)cccc2F)cc1. The van der Waals surface area contributed by atoms with Crippen LogP contribution in [0.15, 0.2) is 42.5 Å². The lowest BCUT2D eigenvalue weighted by Crippen LogP contribution is -2.19. The largest absolute Gasteiger partial charge is 0.484 e. The van der Waals surface area contributed by atoms with Gasteiger partial charge in [-0.05, 0) is 36.4 Å². The molecule has 0 unspecified atom stereocenters. The molecule has 0 aliphatic rings. The summed E-state index contributed by atoms with van der Waals surface area (Å²) < 4.78 is 32.0. The smallest absolute Gasteiger partial charge is 0.255 e. The number of benzene rings is 2. The number of nitrogens with one attached hydrogen (secondary N) is 1. The van der Waals surface area contributed by atoms with Gasteiger partial charge in [-0.15, -0.1) is 0 Å². The van der Waals surface area contributed by atoms with Gasteiger partial charge in [0.05, 0.1) is 0 Å². The number of carbonyl (C=O) groups excluding carboxylic acids is 1. The van der Waals surface area contributed by atoms with Gasteiger partial charge < -0.3 is 15.8 Å². The van der Waals surface area contributed by atoms with Crippen molar-refractivity contribution in [3.8, 4) is 5.75 Å². The summed E-state index contributed by atoms with van der Waals surface area (Å²) in [5.41, 5.74) is 5.61. The highest BCUT2D eigenvalue weighted by Crippen LogP contribution is 2.18. The fraction of sp³-hybridized carbons (Fsp3) is 0.133. The predicted molar refractivity (Wildman–Crippen MR) is 74.8 cm³/mol. The molecule has 0 aliphatic carbocycles. The summed E-state index contributed by atoms with van der Waals surface area (Å²) in [4.78, 5) is 10.6. The molecule has 21 heavy (non-hydrogen) atoms. The molecule has 0 atom stereocenters.